The lowest BCUT2D eigenvalue weighted by atomic mass is 10.2. The van der Waals surface area contributed by atoms with E-state index in [2.05, 4.69) is 43.5 Å². The molecule has 1 heterocycles. The van der Waals surface area contributed by atoms with E-state index in [0.717, 1.165) is 27.4 Å². The van der Waals surface area contributed by atoms with Crippen LogP contribution in [0.5, 0.6) is 11.5 Å². The highest BCUT2D eigenvalue weighted by molar-refractivity contribution is 14.0. The van der Waals surface area contributed by atoms with Crippen LogP contribution in [0.3, 0.4) is 0 Å². The number of nitrogens with one attached hydrogen (secondary N) is 2. The number of ether oxygens (including phenoxy) is 2. The molecule has 0 saturated carbocycles. The number of rotatable bonds is 7. The zero-order valence-corrected chi connectivity index (χ0v) is 20.0. The first-order chi connectivity index (χ1) is 12.1. The third-order valence-corrected chi connectivity index (χ3v) is 5.46. The molecule has 2 N–H and O–H groups in total. The van der Waals surface area contributed by atoms with Crippen LogP contribution < -0.4 is 20.1 Å². The third-order valence-electron chi connectivity index (χ3n) is 3.58. The summed E-state index contributed by atoms with van der Waals surface area (Å²) in [6.07, 6.45) is 2.94. The van der Waals surface area contributed by atoms with Crippen LogP contribution in [-0.4, -0.2) is 32.2 Å². The molecular weight excluding hydrogens is 531 g/mol. The molecule has 0 saturated heterocycles. The number of halogens is 2. The monoisotopic (exact) mass is 554 g/mol. The minimum atomic E-state index is 0. The Morgan fingerprint density at radius 1 is 1.19 bits per heavy atom. The molecule has 0 radical (unpaired) electrons. The lowest BCUT2D eigenvalue weighted by Crippen LogP contribution is -2.36. The van der Waals surface area contributed by atoms with Gasteiger partial charge in [0, 0.05) is 29.1 Å². The number of aliphatic imine (C=N–C) groups is 1. The number of guanidine groups is 1. The minimum Gasteiger partial charge on any atom is -0.493 e. The number of hydrogen-bond donors (Lipinski definition) is 2. The van der Waals surface area contributed by atoms with Crippen molar-refractivity contribution in [3.05, 3.63) is 38.3 Å². The summed E-state index contributed by atoms with van der Waals surface area (Å²) < 4.78 is 11.6. The summed E-state index contributed by atoms with van der Waals surface area (Å²) in [7, 11) is 5.00. The van der Waals surface area contributed by atoms with Crippen LogP contribution in [0.1, 0.15) is 22.4 Å². The first kappa shape index (κ1) is 23.0. The van der Waals surface area contributed by atoms with Crippen molar-refractivity contribution < 1.29 is 9.47 Å². The molecule has 144 valence electrons. The molecule has 0 aliphatic rings. The average molecular weight is 555 g/mol. The van der Waals surface area contributed by atoms with Crippen molar-refractivity contribution >= 4 is 57.2 Å². The van der Waals surface area contributed by atoms with Crippen molar-refractivity contribution in [2.45, 2.75) is 26.4 Å². The molecular formula is C17H24BrIN4O2S. The number of thiazole rings is 1. The number of hydrogen-bond acceptors (Lipinski definition) is 5. The summed E-state index contributed by atoms with van der Waals surface area (Å²) in [5.41, 5.74) is 1.04. The van der Waals surface area contributed by atoms with Crippen molar-refractivity contribution in [1.82, 2.24) is 15.6 Å². The maximum Gasteiger partial charge on any atom is 0.191 e. The Hall–Kier alpha value is -1.07. The van der Waals surface area contributed by atoms with Crippen molar-refractivity contribution in [3.63, 3.8) is 0 Å². The third kappa shape index (κ3) is 6.27. The van der Waals surface area contributed by atoms with Crippen LogP contribution in [0.2, 0.25) is 0 Å². The second kappa shape index (κ2) is 11.6. The van der Waals surface area contributed by atoms with E-state index in [1.807, 2.05) is 18.3 Å². The molecule has 26 heavy (non-hydrogen) atoms. The van der Waals surface area contributed by atoms with Gasteiger partial charge in [0.05, 0.1) is 20.8 Å². The normalized spacial score (nSPS) is 10.9. The molecule has 9 heteroatoms. The summed E-state index contributed by atoms with van der Waals surface area (Å²) in [5, 5.41) is 7.62. The van der Waals surface area contributed by atoms with E-state index in [1.165, 1.54) is 4.88 Å². The van der Waals surface area contributed by atoms with Gasteiger partial charge in [0.1, 0.15) is 5.01 Å². The largest absolute Gasteiger partial charge is 0.493 e. The van der Waals surface area contributed by atoms with Crippen molar-refractivity contribution in [1.29, 1.82) is 0 Å². The Balaban J connectivity index is 0.00000338. The molecule has 6 nitrogen and oxygen atoms in total. The number of methoxy groups -OCH3 is 2. The maximum atomic E-state index is 5.36. The predicted molar refractivity (Wildman–Crippen MR) is 121 cm³/mol. The minimum absolute atomic E-state index is 0. The van der Waals surface area contributed by atoms with E-state index in [-0.39, 0.29) is 24.0 Å². The maximum absolute atomic E-state index is 5.36. The molecule has 0 amide bonds. The predicted octanol–water partition coefficient (Wildman–Crippen LogP) is 3.97. The Labute approximate surface area is 184 Å². The fourth-order valence-electron chi connectivity index (χ4n) is 2.18. The molecule has 1 aromatic carbocycles. The van der Waals surface area contributed by atoms with Crippen LogP contribution in [0, 0.1) is 0 Å². The molecule has 1 aromatic heterocycles. The van der Waals surface area contributed by atoms with E-state index < -0.39 is 0 Å². The highest BCUT2D eigenvalue weighted by Crippen LogP contribution is 2.33. The molecule has 0 unspecified atom stereocenters. The van der Waals surface area contributed by atoms with Gasteiger partial charge in [-0.05, 0) is 24.1 Å². The van der Waals surface area contributed by atoms with E-state index in [0.29, 0.717) is 24.6 Å². The average Bonchev–Trinajstić information content (AvgIpc) is 3.10. The Bertz CT molecular complexity index is 740. The lowest BCUT2D eigenvalue weighted by Gasteiger charge is -2.14. The van der Waals surface area contributed by atoms with Crippen LogP contribution in [-0.2, 0) is 19.5 Å². The molecule has 0 aliphatic carbocycles. The summed E-state index contributed by atoms with van der Waals surface area (Å²) in [5.74, 6) is 2.10. The van der Waals surface area contributed by atoms with Gasteiger partial charge >= 0.3 is 0 Å². The second-order valence-corrected chi connectivity index (χ2v) is 7.21. The Morgan fingerprint density at radius 3 is 2.42 bits per heavy atom. The molecule has 2 aromatic rings. The van der Waals surface area contributed by atoms with Gasteiger partial charge in [0.25, 0.3) is 0 Å². The molecule has 0 bridgehead atoms. The fraction of sp³-hybridized carbons (Fsp3) is 0.412. The molecule has 2 rings (SSSR count). The lowest BCUT2D eigenvalue weighted by molar-refractivity contribution is 0.354. The highest BCUT2D eigenvalue weighted by Gasteiger charge is 2.10. The number of aromatic nitrogens is 1. The highest BCUT2D eigenvalue weighted by atomic mass is 127. The second-order valence-electron chi connectivity index (χ2n) is 5.15. The summed E-state index contributed by atoms with van der Waals surface area (Å²) in [6.45, 7) is 3.38. The first-order valence-electron chi connectivity index (χ1n) is 7.89. The van der Waals surface area contributed by atoms with Gasteiger partial charge in [0.2, 0.25) is 0 Å². The number of aryl methyl sites for hydroxylation is 1. The van der Waals surface area contributed by atoms with E-state index in [4.69, 9.17) is 9.47 Å². The molecule has 0 aliphatic heterocycles. The number of nitrogens with zero attached hydrogens (tertiary/aromatic N) is 2. The Kier molecular flexibility index (Phi) is 10.3. The zero-order valence-electron chi connectivity index (χ0n) is 15.3. The standard InChI is InChI=1S/C17H23BrN4O2S.HI/c1-5-12-9-20-16(25-12)10-22-17(19-2)21-8-11-6-14(23-3)15(24-4)7-13(11)18;/h6-7,9H,5,8,10H2,1-4H3,(H2,19,21,22);1H. The molecule has 0 atom stereocenters. The van der Waals surface area contributed by atoms with Gasteiger partial charge in [-0.15, -0.1) is 35.3 Å². The molecule has 0 fully saturated rings. The van der Waals surface area contributed by atoms with Crippen molar-refractivity contribution in [3.8, 4) is 11.5 Å². The quantitative estimate of drug-likeness (QED) is 0.308. The van der Waals surface area contributed by atoms with Gasteiger partial charge in [-0.25, -0.2) is 4.98 Å². The summed E-state index contributed by atoms with van der Waals surface area (Å²) in [4.78, 5) is 9.94. The van der Waals surface area contributed by atoms with Crippen molar-refractivity contribution in [2.24, 2.45) is 4.99 Å². The smallest absolute Gasteiger partial charge is 0.191 e. The number of benzene rings is 1. The van der Waals surface area contributed by atoms with Crippen LogP contribution in [0.25, 0.3) is 0 Å². The Morgan fingerprint density at radius 2 is 1.85 bits per heavy atom. The van der Waals surface area contributed by atoms with Crippen LogP contribution in [0.15, 0.2) is 27.8 Å². The zero-order chi connectivity index (χ0) is 18.2. The van der Waals surface area contributed by atoms with Gasteiger partial charge < -0.3 is 20.1 Å². The van der Waals surface area contributed by atoms with E-state index in [1.54, 1.807) is 32.6 Å². The first-order valence-corrected chi connectivity index (χ1v) is 9.50. The van der Waals surface area contributed by atoms with Crippen LogP contribution in [0.4, 0.5) is 0 Å². The van der Waals surface area contributed by atoms with Gasteiger partial charge in [-0.3, -0.25) is 4.99 Å². The van der Waals surface area contributed by atoms with Gasteiger partial charge in [-0.1, -0.05) is 22.9 Å². The fourth-order valence-corrected chi connectivity index (χ4v) is 3.45. The SMILES string of the molecule is CCc1cnc(CNC(=NC)NCc2cc(OC)c(OC)cc2Br)s1.I. The summed E-state index contributed by atoms with van der Waals surface area (Å²) in [6, 6.07) is 3.84. The van der Waals surface area contributed by atoms with Gasteiger partial charge in [0.15, 0.2) is 17.5 Å². The van der Waals surface area contributed by atoms with Crippen molar-refractivity contribution in [2.75, 3.05) is 21.3 Å². The topological polar surface area (TPSA) is 67.8 Å². The van der Waals surface area contributed by atoms with Gasteiger partial charge in [-0.2, -0.15) is 0 Å². The summed E-state index contributed by atoms with van der Waals surface area (Å²) >= 11 is 5.28. The van der Waals surface area contributed by atoms with Crippen LogP contribution >= 0.6 is 51.2 Å². The van der Waals surface area contributed by atoms with E-state index >= 15 is 0 Å². The molecule has 0 spiro atoms. The van der Waals surface area contributed by atoms with E-state index in [9.17, 15) is 0 Å².